The van der Waals surface area contributed by atoms with Crippen LogP contribution < -0.4 is 5.32 Å². The average molecular weight is 394 g/mol. The number of nitrogens with zero attached hydrogens (tertiary/aromatic N) is 2. The maximum atomic E-state index is 13.2. The molecule has 0 unspecified atom stereocenters. The third kappa shape index (κ3) is 5.64. The van der Waals surface area contributed by atoms with Gasteiger partial charge in [-0.15, -0.1) is 0 Å². The lowest BCUT2D eigenvalue weighted by Crippen LogP contribution is -2.41. The van der Waals surface area contributed by atoms with Crippen molar-refractivity contribution >= 4 is 11.9 Å². The lowest BCUT2D eigenvalue weighted by Gasteiger charge is -2.27. The van der Waals surface area contributed by atoms with E-state index in [-0.39, 0.29) is 17.0 Å². The van der Waals surface area contributed by atoms with Gasteiger partial charge in [0.15, 0.2) is 0 Å². The van der Waals surface area contributed by atoms with Gasteiger partial charge in [0.25, 0.3) is 5.91 Å². The summed E-state index contributed by atoms with van der Waals surface area (Å²) in [5.41, 5.74) is 0.982. The molecule has 29 heavy (non-hydrogen) atoms. The van der Waals surface area contributed by atoms with Crippen LogP contribution in [0.5, 0.6) is 0 Å². The average Bonchev–Trinajstić information content (AvgIpc) is 2.71. The number of nitrogens with one attached hydrogen (secondary N) is 1. The number of esters is 1. The zero-order chi connectivity index (χ0) is 20.9. The molecule has 1 aliphatic rings. The van der Waals surface area contributed by atoms with Gasteiger partial charge in [-0.3, -0.25) is 14.7 Å². The molecule has 2 heterocycles. The normalized spacial score (nSPS) is 15.0. The van der Waals surface area contributed by atoms with Gasteiger partial charge in [-0.05, 0) is 52.3 Å². The molecule has 1 aromatic heterocycles. The Labute approximate surface area is 172 Å². The number of aromatic nitrogens is 1. The van der Waals surface area contributed by atoms with E-state index >= 15 is 0 Å². The van der Waals surface area contributed by atoms with Crippen molar-refractivity contribution in [3.8, 4) is 11.1 Å². The number of rotatable bonds is 5. The fourth-order valence-electron chi connectivity index (χ4n) is 3.34. The minimum atomic E-state index is -0.675. The monoisotopic (exact) mass is 394 g/mol. The first-order valence-corrected chi connectivity index (χ1v) is 10.0. The third-order valence-electron chi connectivity index (χ3n) is 4.71. The second-order valence-corrected chi connectivity index (χ2v) is 8.24. The number of ether oxygens (including phenoxy) is 1. The molecule has 0 atom stereocenters. The Morgan fingerprint density at radius 3 is 2.48 bits per heavy atom. The van der Waals surface area contributed by atoms with Gasteiger partial charge in [-0.1, -0.05) is 36.8 Å². The number of pyridine rings is 1. The molecule has 1 aromatic carbocycles. The Bertz CT molecular complexity index is 853. The first-order chi connectivity index (χ1) is 13.8. The summed E-state index contributed by atoms with van der Waals surface area (Å²) in [6, 6.07) is 9.38. The van der Waals surface area contributed by atoms with Crippen molar-refractivity contribution in [2.75, 3.05) is 19.8 Å². The highest BCUT2D eigenvalue weighted by molar-refractivity contribution is 6.09. The number of likely N-dealkylation sites (tertiary alicyclic amines) is 1. The third-order valence-corrected chi connectivity index (χ3v) is 4.71. The summed E-state index contributed by atoms with van der Waals surface area (Å²) in [4.78, 5) is 32.3. The van der Waals surface area contributed by atoms with Crippen LogP contribution in [-0.2, 0) is 4.74 Å². The van der Waals surface area contributed by atoms with Crippen LogP contribution in [0.25, 0.3) is 11.1 Å². The quantitative estimate of drug-likeness (QED) is 0.784. The first-order valence-electron chi connectivity index (χ1n) is 10.0. The molecular formula is C23H28N3O3. The van der Waals surface area contributed by atoms with Crippen LogP contribution >= 0.6 is 0 Å². The molecule has 0 spiro atoms. The molecule has 1 aliphatic heterocycles. The highest BCUT2D eigenvalue weighted by Gasteiger charge is 2.27. The Morgan fingerprint density at radius 1 is 1.14 bits per heavy atom. The molecule has 1 N–H and O–H groups in total. The zero-order valence-corrected chi connectivity index (χ0v) is 17.3. The number of hydrogen-bond acceptors (Lipinski definition) is 5. The van der Waals surface area contributed by atoms with Crippen molar-refractivity contribution in [1.82, 2.24) is 15.2 Å². The van der Waals surface area contributed by atoms with Gasteiger partial charge in [-0.2, -0.15) is 0 Å². The lowest BCUT2D eigenvalue weighted by molar-refractivity contribution is 0.00670. The van der Waals surface area contributed by atoms with Crippen LogP contribution in [0.2, 0.25) is 0 Å². The standard InChI is InChI=1S/C23H28N3O3/c1-23(2,3)29-22(28)19-15-24-14-18(17-10-6-4-7-11-17)20(19)21(27)25-16-26-12-8-5-9-13-26/h4,6-7,10-11,15H,5,8-9,12-13,16H2,1-3H3,(H,25,27). The molecule has 2 aromatic rings. The van der Waals surface area contributed by atoms with Crippen LogP contribution in [-0.4, -0.2) is 47.1 Å². The fourth-order valence-corrected chi connectivity index (χ4v) is 3.34. The van der Waals surface area contributed by atoms with Crippen molar-refractivity contribution in [3.63, 3.8) is 0 Å². The number of carbonyl (C=O) groups is 2. The van der Waals surface area contributed by atoms with Crippen LogP contribution in [0.15, 0.2) is 36.5 Å². The van der Waals surface area contributed by atoms with Gasteiger partial charge in [0, 0.05) is 11.8 Å². The van der Waals surface area contributed by atoms with E-state index in [1.165, 1.54) is 12.6 Å². The molecule has 0 aliphatic carbocycles. The van der Waals surface area contributed by atoms with Crippen molar-refractivity contribution in [2.24, 2.45) is 0 Å². The Hall–Kier alpha value is -2.73. The molecule has 3 rings (SSSR count). The molecule has 1 saturated heterocycles. The second kappa shape index (κ2) is 9.18. The van der Waals surface area contributed by atoms with Gasteiger partial charge in [0.1, 0.15) is 5.60 Å². The second-order valence-electron chi connectivity index (χ2n) is 8.24. The molecule has 1 fully saturated rings. The summed E-state index contributed by atoms with van der Waals surface area (Å²) in [6.07, 6.45) is 7.75. The zero-order valence-electron chi connectivity index (χ0n) is 17.3. The molecule has 0 bridgehead atoms. The highest BCUT2D eigenvalue weighted by Crippen LogP contribution is 2.26. The molecule has 6 nitrogen and oxygen atoms in total. The molecule has 153 valence electrons. The van der Waals surface area contributed by atoms with Crippen LogP contribution in [0.3, 0.4) is 0 Å². The Balaban J connectivity index is 1.94. The maximum Gasteiger partial charge on any atom is 0.341 e. The van der Waals surface area contributed by atoms with Gasteiger partial charge in [0.05, 0.1) is 24.0 Å². The predicted octanol–water partition coefficient (Wildman–Crippen LogP) is 3.68. The summed E-state index contributed by atoms with van der Waals surface area (Å²) in [7, 11) is 0. The Morgan fingerprint density at radius 2 is 1.83 bits per heavy atom. The summed E-state index contributed by atoms with van der Waals surface area (Å²) in [5, 5.41) is 2.97. The lowest BCUT2D eigenvalue weighted by atomic mass is 9.97. The SMILES string of the molecule is CC(C)(C)OC(=O)c1cn[c]c(-c2ccccc2)c1C(=O)NCN1CCCCC1. The predicted molar refractivity (Wildman–Crippen MR) is 111 cm³/mol. The van der Waals surface area contributed by atoms with E-state index < -0.39 is 11.6 Å². The topological polar surface area (TPSA) is 71.5 Å². The maximum absolute atomic E-state index is 13.2. The number of carbonyl (C=O) groups excluding carboxylic acids is 2. The van der Waals surface area contributed by atoms with Gasteiger partial charge < -0.3 is 10.1 Å². The minimum Gasteiger partial charge on any atom is -0.456 e. The summed E-state index contributed by atoms with van der Waals surface area (Å²) in [6.45, 7) is 7.76. The molecule has 6 heteroatoms. The smallest absolute Gasteiger partial charge is 0.341 e. The minimum absolute atomic E-state index is 0.147. The van der Waals surface area contributed by atoms with Crippen molar-refractivity contribution in [3.05, 3.63) is 53.9 Å². The van der Waals surface area contributed by atoms with E-state index in [0.29, 0.717) is 12.2 Å². The van der Waals surface area contributed by atoms with E-state index in [1.807, 2.05) is 30.3 Å². The largest absolute Gasteiger partial charge is 0.456 e. The number of hydrogen-bond donors (Lipinski definition) is 1. The van der Waals surface area contributed by atoms with E-state index in [4.69, 9.17) is 4.74 Å². The van der Waals surface area contributed by atoms with Crippen LogP contribution in [0.1, 0.15) is 60.7 Å². The molecule has 0 saturated carbocycles. The van der Waals surface area contributed by atoms with Crippen LogP contribution in [0, 0.1) is 6.20 Å². The van der Waals surface area contributed by atoms with Crippen molar-refractivity contribution in [2.45, 2.75) is 45.6 Å². The number of piperidine rings is 1. The highest BCUT2D eigenvalue weighted by atomic mass is 16.6. The van der Waals surface area contributed by atoms with Crippen molar-refractivity contribution < 1.29 is 14.3 Å². The first kappa shape index (κ1) is 21.0. The van der Waals surface area contributed by atoms with Crippen molar-refractivity contribution in [1.29, 1.82) is 0 Å². The van der Waals surface area contributed by atoms with E-state index in [0.717, 1.165) is 31.5 Å². The number of benzene rings is 1. The van der Waals surface area contributed by atoms with E-state index in [9.17, 15) is 9.59 Å². The van der Waals surface area contributed by atoms with Crippen LogP contribution in [0.4, 0.5) is 0 Å². The number of amides is 1. The summed E-state index contributed by atoms with van der Waals surface area (Å²) < 4.78 is 5.52. The molecular weight excluding hydrogens is 366 g/mol. The summed E-state index contributed by atoms with van der Waals surface area (Å²) >= 11 is 0. The molecule has 1 amide bonds. The summed E-state index contributed by atoms with van der Waals surface area (Å²) in [5.74, 6) is -0.895. The fraction of sp³-hybridized carbons (Fsp3) is 0.435. The van der Waals surface area contributed by atoms with E-state index in [2.05, 4.69) is 21.4 Å². The van der Waals surface area contributed by atoms with Gasteiger partial charge in [-0.25, -0.2) is 4.79 Å². The molecule has 1 radical (unpaired) electrons. The van der Waals surface area contributed by atoms with E-state index in [1.54, 1.807) is 20.8 Å². The van der Waals surface area contributed by atoms with Gasteiger partial charge in [0.2, 0.25) is 0 Å². The van der Waals surface area contributed by atoms with Gasteiger partial charge >= 0.3 is 5.97 Å². The Kier molecular flexibility index (Phi) is 6.64.